The molecule has 0 aromatic carbocycles. The zero-order chi connectivity index (χ0) is 10.0. The number of hydrogen-bond acceptors (Lipinski definition) is 5. The van der Waals surface area contributed by atoms with E-state index in [-0.39, 0.29) is 6.54 Å². The number of aryl methyl sites for hydroxylation is 1. The molecule has 0 saturated heterocycles. The number of rotatable bonds is 3. The molecule has 0 bridgehead atoms. The first-order valence-corrected chi connectivity index (χ1v) is 3.42. The van der Waals surface area contributed by atoms with E-state index in [1.165, 1.54) is 0 Å². The molecule has 0 atom stereocenters. The van der Waals surface area contributed by atoms with Crippen molar-refractivity contribution in [1.29, 1.82) is 0 Å². The SMILES string of the molecule is CCn1cc([N+](=O)[O-])nc1[N+](=O)[O-]. The lowest BCUT2D eigenvalue weighted by atomic mass is 10.7. The lowest BCUT2D eigenvalue weighted by Crippen LogP contribution is -2.00. The number of aromatic nitrogens is 2. The van der Waals surface area contributed by atoms with Gasteiger partial charge in [-0.2, -0.15) is 0 Å². The Kier molecular flexibility index (Phi) is 2.22. The average Bonchev–Trinajstić information content (AvgIpc) is 2.47. The van der Waals surface area contributed by atoms with Gasteiger partial charge in [-0.3, -0.25) is 0 Å². The molecule has 1 aromatic heterocycles. The Morgan fingerprint density at radius 1 is 1.46 bits per heavy atom. The molecule has 0 saturated carbocycles. The fourth-order valence-electron chi connectivity index (χ4n) is 0.859. The van der Waals surface area contributed by atoms with Gasteiger partial charge in [0.15, 0.2) is 6.20 Å². The maximum absolute atomic E-state index is 10.3. The van der Waals surface area contributed by atoms with Gasteiger partial charge in [-0.15, -0.1) is 0 Å². The normalized spacial score (nSPS) is 9.92. The van der Waals surface area contributed by atoms with E-state index >= 15 is 0 Å². The van der Waals surface area contributed by atoms with Crippen molar-refractivity contribution in [1.82, 2.24) is 9.55 Å². The smallest absolute Gasteiger partial charge is 0.390 e. The molecule has 8 nitrogen and oxygen atoms in total. The molecule has 0 N–H and O–H groups in total. The molecule has 1 aromatic rings. The molecule has 1 heterocycles. The molecule has 0 unspecified atom stereocenters. The monoisotopic (exact) mass is 186 g/mol. The van der Waals surface area contributed by atoms with E-state index in [1.807, 2.05) is 0 Å². The zero-order valence-electron chi connectivity index (χ0n) is 6.71. The molecule has 0 aliphatic carbocycles. The van der Waals surface area contributed by atoms with Gasteiger partial charge in [0.25, 0.3) is 0 Å². The van der Waals surface area contributed by atoms with Crippen LogP contribution in [0.1, 0.15) is 6.92 Å². The Bertz CT molecular complexity index is 357. The summed E-state index contributed by atoms with van der Waals surface area (Å²) in [4.78, 5) is 22.3. The van der Waals surface area contributed by atoms with Gasteiger partial charge in [-0.25, -0.2) is 4.57 Å². The Labute approximate surface area is 72.1 Å². The molecule has 0 fully saturated rings. The summed E-state index contributed by atoms with van der Waals surface area (Å²) in [7, 11) is 0. The number of nitrogens with zero attached hydrogens (tertiary/aromatic N) is 4. The minimum atomic E-state index is -0.765. The summed E-state index contributed by atoms with van der Waals surface area (Å²) in [5, 5.41) is 20.5. The van der Waals surface area contributed by atoms with E-state index in [2.05, 4.69) is 4.98 Å². The summed E-state index contributed by atoms with van der Waals surface area (Å²) >= 11 is 0. The zero-order valence-corrected chi connectivity index (χ0v) is 6.71. The third-order valence-corrected chi connectivity index (χ3v) is 1.43. The second kappa shape index (κ2) is 3.17. The summed E-state index contributed by atoms with van der Waals surface area (Å²) in [5.41, 5.74) is 0. The molecule has 0 amide bonds. The van der Waals surface area contributed by atoms with Gasteiger partial charge in [0.2, 0.25) is 0 Å². The Balaban J connectivity index is 3.19. The third-order valence-electron chi connectivity index (χ3n) is 1.43. The molecule has 0 aliphatic rings. The van der Waals surface area contributed by atoms with Crippen LogP contribution in [0.5, 0.6) is 0 Å². The van der Waals surface area contributed by atoms with E-state index in [4.69, 9.17) is 0 Å². The van der Waals surface area contributed by atoms with Crippen molar-refractivity contribution in [2.24, 2.45) is 0 Å². The molecule has 0 radical (unpaired) electrons. The summed E-state index contributed by atoms with van der Waals surface area (Å²) in [6.45, 7) is 1.91. The van der Waals surface area contributed by atoms with Crippen molar-refractivity contribution in [3.8, 4) is 0 Å². The van der Waals surface area contributed by atoms with Crippen LogP contribution < -0.4 is 0 Å². The second-order valence-electron chi connectivity index (χ2n) is 2.20. The molecular weight excluding hydrogens is 180 g/mol. The molecule has 0 aliphatic heterocycles. The van der Waals surface area contributed by atoms with Gasteiger partial charge in [0.1, 0.15) is 0 Å². The quantitative estimate of drug-likeness (QED) is 0.510. The van der Waals surface area contributed by atoms with E-state index in [9.17, 15) is 20.2 Å². The van der Waals surface area contributed by atoms with Crippen LogP contribution in [0.4, 0.5) is 11.8 Å². The van der Waals surface area contributed by atoms with Crippen LogP contribution in [0.15, 0.2) is 6.20 Å². The molecule has 13 heavy (non-hydrogen) atoms. The Morgan fingerprint density at radius 3 is 2.38 bits per heavy atom. The van der Waals surface area contributed by atoms with E-state index in [0.717, 1.165) is 10.8 Å². The molecule has 0 spiro atoms. The maximum Gasteiger partial charge on any atom is 0.438 e. The molecule has 1 rings (SSSR count). The van der Waals surface area contributed by atoms with Crippen LogP contribution in [-0.4, -0.2) is 19.4 Å². The number of imidazole rings is 1. The van der Waals surface area contributed by atoms with Crippen molar-refractivity contribution in [3.63, 3.8) is 0 Å². The summed E-state index contributed by atoms with van der Waals surface area (Å²) in [5.74, 6) is -1.01. The standard InChI is InChI=1S/C5H6N4O4/c1-2-7-3-4(8(10)11)6-5(7)9(12)13/h3H,2H2,1H3. The highest BCUT2D eigenvalue weighted by molar-refractivity contribution is 5.24. The van der Waals surface area contributed by atoms with Gasteiger partial charge in [0, 0.05) is 0 Å². The second-order valence-corrected chi connectivity index (χ2v) is 2.20. The van der Waals surface area contributed by atoms with Crippen molar-refractivity contribution in [2.45, 2.75) is 13.5 Å². The van der Waals surface area contributed by atoms with Gasteiger partial charge >= 0.3 is 11.8 Å². The molecule has 8 heteroatoms. The van der Waals surface area contributed by atoms with Crippen molar-refractivity contribution < 1.29 is 9.85 Å². The third kappa shape index (κ3) is 1.60. The van der Waals surface area contributed by atoms with Crippen LogP contribution in [-0.2, 0) is 6.54 Å². The van der Waals surface area contributed by atoms with Crippen LogP contribution >= 0.6 is 0 Å². The van der Waals surface area contributed by atoms with Gasteiger partial charge in [0.05, 0.1) is 6.54 Å². The van der Waals surface area contributed by atoms with E-state index in [1.54, 1.807) is 6.92 Å². The van der Waals surface area contributed by atoms with Crippen molar-refractivity contribution in [3.05, 3.63) is 26.4 Å². The predicted octanol–water partition coefficient (Wildman–Crippen LogP) is 0.719. The highest BCUT2D eigenvalue weighted by Crippen LogP contribution is 2.16. The van der Waals surface area contributed by atoms with Crippen LogP contribution in [0.25, 0.3) is 0 Å². The Morgan fingerprint density at radius 2 is 2.08 bits per heavy atom. The first-order chi connectivity index (χ1) is 6.06. The van der Waals surface area contributed by atoms with Gasteiger partial charge < -0.3 is 20.2 Å². The highest BCUT2D eigenvalue weighted by atomic mass is 16.6. The van der Waals surface area contributed by atoms with Crippen LogP contribution in [0.2, 0.25) is 0 Å². The lowest BCUT2D eigenvalue weighted by Gasteiger charge is -1.93. The Hall–Kier alpha value is -1.99. The largest absolute Gasteiger partial charge is 0.438 e. The fourth-order valence-corrected chi connectivity index (χ4v) is 0.859. The highest BCUT2D eigenvalue weighted by Gasteiger charge is 2.21. The average molecular weight is 186 g/mol. The van der Waals surface area contributed by atoms with Crippen LogP contribution in [0.3, 0.4) is 0 Å². The van der Waals surface area contributed by atoms with Crippen LogP contribution in [0, 0.1) is 20.2 Å². The minimum Gasteiger partial charge on any atom is -0.390 e. The van der Waals surface area contributed by atoms with Gasteiger partial charge in [-0.1, -0.05) is 0 Å². The topological polar surface area (TPSA) is 104 Å². The predicted molar refractivity (Wildman–Crippen MR) is 41.2 cm³/mol. The molecular formula is C5H6N4O4. The molecule has 70 valence electrons. The fraction of sp³-hybridized carbons (Fsp3) is 0.400. The maximum atomic E-state index is 10.3. The van der Waals surface area contributed by atoms with Crippen molar-refractivity contribution in [2.75, 3.05) is 0 Å². The number of hydrogen-bond donors (Lipinski definition) is 0. The van der Waals surface area contributed by atoms with E-state index in [0.29, 0.717) is 0 Å². The minimum absolute atomic E-state index is 0.275. The summed E-state index contributed by atoms with van der Waals surface area (Å²) in [6.07, 6.45) is 1.04. The summed E-state index contributed by atoms with van der Waals surface area (Å²) < 4.78 is 1.11. The van der Waals surface area contributed by atoms with E-state index < -0.39 is 21.6 Å². The first kappa shape index (κ1) is 9.10. The summed E-state index contributed by atoms with van der Waals surface area (Å²) in [6, 6.07) is 0. The first-order valence-electron chi connectivity index (χ1n) is 3.42. The lowest BCUT2D eigenvalue weighted by molar-refractivity contribution is -0.403. The van der Waals surface area contributed by atoms with Gasteiger partial charge in [-0.05, 0) is 21.8 Å². The van der Waals surface area contributed by atoms with Crippen molar-refractivity contribution >= 4 is 11.8 Å². The number of nitro groups is 2.